The Kier molecular flexibility index (Phi) is 7.95. The molecule has 154 valence electrons. The van der Waals surface area contributed by atoms with Gasteiger partial charge in [-0.05, 0) is 38.6 Å². The topological polar surface area (TPSA) is 77.7 Å². The van der Waals surface area contributed by atoms with Crippen molar-refractivity contribution >= 4 is 5.96 Å². The van der Waals surface area contributed by atoms with Gasteiger partial charge in [-0.2, -0.15) is 5.10 Å². The molecule has 3 N–H and O–H groups in total. The highest BCUT2D eigenvalue weighted by Crippen LogP contribution is 2.19. The van der Waals surface area contributed by atoms with Gasteiger partial charge in [0.25, 0.3) is 0 Å². The van der Waals surface area contributed by atoms with Crippen LogP contribution in [0.25, 0.3) is 0 Å². The molecule has 2 aromatic rings. The van der Waals surface area contributed by atoms with E-state index in [0.29, 0.717) is 12.5 Å². The van der Waals surface area contributed by atoms with Gasteiger partial charge in [-0.1, -0.05) is 12.1 Å². The smallest absolute Gasteiger partial charge is 0.191 e. The molecule has 1 unspecified atom stereocenters. The van der Waals surface area contributed by atoms with E-state index in [-0.39, 0.29) is 12.4 Å². The van der Waals surface area contributed by atoms with Crippen molar-refractivity contribution < 1.29 is 9.50 Å². The predicted molar refractivity (Wildman–Crippen MR) is 109 cm³/mol. The lowest BCUT2D eigenvalue weighted by Gasteiger charge is -2.21. The van der Waals surface area contributed by atoms with Crippen LogP contribution in [0.15, 0.2) is 41.7 Å². The average molecular weight is 391 g/mol. The maximum atomic E-state index is 13.0. The van der Waals surface area contributed by atoms with Crippen LogP contribution in [0.4, 0.5) is 4.39 Å². The molecule has 0 bridgehead atoms. The summed E-state index contributed by atoms with van der Waals surface area (Å²) >= 11 is 0. The SMILES string of the molecule is CCNC(=NCC(C)(O)c1cnn(C)c1)NCCN(C)Cc1ccc(F)cc1. The lowest BCUT2D eigenvalue weighted by atomic mass is 10.0. The number of aryl methyl sites for hydroxylation is 1. The quantitative estimate of drug-likeness (QED) is 0.446. The molecule has 0 saturated carbocycles. The monoisotopic (exact) mass is 390 g/mol. The summed E-state index contributed by atoms with van der Waals surface area (Å²) in [4.78, 5) is 6.66. The Morgan fingerprint density at radius 3 is 2.64 bits per heavy atom. The van der Waals surface area contributed by atoms with E-state index >= 15 is 0 Å². The number of rotatable bonds is 9. The van der Waals surface area contributed by atoms with Gasteiger partial charge < -0.3 is 20.6 Å². The molecule has 0 amide bonds. The van der Waals surface area contributed by atoms with Crippen LogP contribution >= 0.6 is 0 Å². The van der Waals surface area contributed by atoms with Crippen molar-refractivity contribution in [3.8, 4) is 0 Å². The Morgan fingerprint density at radius 1 is 1.32 bits per heavy atom. The highest BCUT2D eigenvalue weighted by Gasteiger charge is 2.24. The third kappa shape index (κ3) is 6.94. The summed E-state index contributed by atoms with van der Waals surface area (Å²) < 4.78 is 14.6. The summed E-state index contributed by atoms with van der Waals surface area (Å²) in [6.45, 7) is 6.90. The molecule has 1 atom stereocenters. The van der Waals surface area contributed by atoms with Crippen molar-refractivity contribution in [2.24, 2.45) is 12.0 Å². The Morgan fingerprint density at radius 2 is 2.04 bits per heavy atom. The van der Waals surface area contributed by atoms with E-state index in [1.165, 1.54) is 12.1 Å². The van der Waals surface area contributed by atoms with E-state index in [9.17, 15) is 9.50 Å². The number of nitrogens with one attached hydrogen (secondary N) is 2. The van der Waals surface area contributed by atoms with Gasteiger partial charge in [-0.25, -0.2) is 9.38 Å². The van der Waals surface area contributed by atoms with Gasteiger partial charge in [0, 0.05) is 45.0 Å². The fraction of sp³-hybridized carbons (Fsp3) is 0.500. The van der Waals surface area contributed by atoms with Crippen LogP contribution in [0, 0.1) is 5.82 Å². The summed E-state index contributed by atoms with van der Waals surface area (Å²) in [6.07, 6.45) is 3.45. The van der Waals surface area contributed by atoms with Crippen molar-refractivity contribution in [3.05, 3.63) is 53.6 Å². The first-order chi connectivity index (χ1) is 13.3. The second kappa shape index (κ2) is 10.2. The number of nitrogens with zero attached hydrogens (tertiary/aromatic N) is 4. The lowest BCUT2D eigenvalue weighted by molar-refractivity contribution is 0.0671. The van der Waals surface area contributed by atoms with E-state index in [2.05, 4.69) is 25.6 Å². The van der Waals surface area contributed by atoms with Crippen molar-refractivity contribution in [2.75, 3.05) is 33.2 Å². The zero-order valence-corrected chi connectivity index (χ0v) is 17.1. The molecule has 0 radical (unpaired) electrons. The molecule has 2 rings (SSSR count). The molecule has 0 fully saturated rings. The number of benzene rings is 1. The van der Waals surface area contributed by atoms with E-state index in [1.54, 1.807) is 36.1 Å². The van der Waals surface area contributed by atoms with Crippen molar-refractivity contribution in [1.29, 1.82) is 0 Å². The fourth-order valence-corrected chi connectivity index (χ4v) is 2.71. The van der Waals surface area contributed by atoms with E-state index in [1.807, 2.05) is 21.0 Å². The largest absolute Gasteiger partial charge is 0.383 e. The number of aromatic nitrogens is 2. The summed E-state index contributed by atoms with van der Waals surface area (Å²) in [6, 6.07) is 6.55. The normalized spacial score (nSPS) is 14.2. The van der Waals surface area contributed by atoms with Crippen molar-refractivity contribution in [3.63, 3.8) is 0 Å². The lowest BCUT2D eigenvalue weighted by Crippen LogP contribution is -2.41. The molecule has 1 heterocycles. The van der Waals surface area contributed by atoms with Crippen LogP contribution in [-0.2, 0) is 19.2 Å². The van der Waals surface area contributed by atoms with Crippen molar-refractivity contribution in [1.82, 2.24) is 25.3 Å². The second-order valence-electron chi connectivity index (χ2n) is 7.16. The summed E-state index contributed by atoms with van der Waals surface area (Å²) in [5.74, 6) is 0.434. The average Bonchev–Trinajstić information content (AvgIpc) is 3.09. The zero-order chi connectivity index (χ0) is 20.6. The van der Waals surface area contributed by atoms with Crippen LogP contribution in [0.5, 0.6) is 0 Å². The third-order valence-corrected chi connectivity index (χ3v) is 4.37. The molecule has 7 nitrogen and oxygen atoms in total. The molecule has 0 saturated heterocycles. The van der Waals surface area contributed by atoms with Gasteiger partial charge in [0.15, 0.2) is 5.96 Å². The minimum atomic E-state index is -1.09. The molecule has 0 aliphatic heterocycles. The summed E-state index contributed by atoms with van der Waals surface area (Å²) in [5.41, 5.74) is 0.710. The van der Waals surface area contributed by atoms with E-state index in [0.717, 1.165) is 30.8 Å². The molecule has 0 aliphatic carbocycles. The first-order valence-corrected chi connectivity index (χ1v) is 9.47. The zero-order valence-electron chi connectivity index (χ0n) is 17.1. The number of aliphatic hydroxyl groups is 1. The maximum absolute atomic E-state index is 13.0. The molecule has 0 aliphatic rings. The molecular weight excluding hydrogens is 359 g/mol. The molecule has 28 heavy (non-hydrogen) atoms. The van der Waals surface area contributed by atoms with Crippen LogP contribution in [0.1, 0.15) is 25.0 Å². The number of aliphatic imine (C=N–C) groups is 1. The van der Waals surface area contributed by atoms with Crippen LogP contribution in [0.2, 0.25) is 0 Å². The summed E-state index contributed by atoms with van der Waals surface area (Å²) in [7, 11) is 3.83. The highest BCUT2D eigenvalue weighted by molar-refractivity contribution is 5.79. The van der Waals surface area contributed by atoms with Gasteiger partial charge in [-0.3, -0.25) is 4.68 Å². The number of guanidine groups is 1. The first-order valence-electron chi connectivity index (χ1n) is 9.47. The van der Waals surface area contributed by atoms with Crippen LogP contribution in [-0.4, -0.2) is 59.0 Å². The number of hydrogen-bond acceptors (Lipinski definition) is 4. The maximum Gasteiger partial charge on any atom is 0.191 e. The second-order valence-corrected chi connectivity index (χ2v) is 7.16. The standard InChI is InChI=1S/C20H31FN6O/c1-5-22-19(24-15-20(2,28)17-12-25-27(4)14-17)23-10-11-26(3)13-16-6-8-18(21)9-7-16/h6-9,12,14,28H,5,10-11,13,15H2,1-4H3,(H2,22,23,24). The van der Waals surface area contributed by atoms with Gasteiger partial charge in [-0.15, -0.1) is 0 Å². The minimum absolute atomic E-state index is 0.221. The van der Waals surface area contributed by atoms with E-state index < -0.39 is 5.60 Å². The predicted octanol–water partition coefficient (Wildman–Crippen LogP) is 1.45. The third-order valence-electron chi connectivity index (χ3n) is 4.37. The van der Waals surface area contributed by atoms with Gasteiger partial charge in [0.1, 0.15) is 11.4 Å². The Bertz CT molecular complexity index is 756. The number of halogens is 1. The number of likely N-dealkylation sites (N-methyl/N-ethyl adjacent to an activating group) is 1. The van der Waals surface area contributed by atoms with Crippen molar-refractivity contribution in [2.45, 2.75) is 26.0 Å². The molecule has 0 spiro atoms. The molecular formula is C20H31FN6O. The molecule has 1 aromatic carbocycles. The minimum Gasteiger partial charge on any atom is -0.383 e. The molecule has 8 heteroatoms. The Balaban J connectivity index is 1.84. The highest BCUT2D eigenvalue weighted by atomic mass is 19.1. The van der Waals surface area contributed by atoms with Gasteiger partial charge >= 0.3 is 0 Å². The van der Waals surface area contributed by atoms with Gasteiger partial charge in [0.05, 0.1) is 12.7 Å². The number of hydrogen-bond donors (Lipinski definition) is 3. The van der Waals surface area contributed by atoms with Crippen LogP contribution in [0.3, 0.4) is 0 Å². The van der Waals surface area contributed by atoms with Gasteiger partial charge in [0.2, 0.25) is 0 Å². The Hall–Kier alpha value is -2.45. The molecule has 1 aromatic heterocycles. The van der Waals surface area contributed by atoms with Crippen LogP contribution < -0.4 is 10.6 Å². The Labute approximate surface area is 166 Å². The van der Waals surface area contributed by atoms with E-state index in [4.69, 9.17) is 0 Å². The first kappa shape index (κ1) is 21.8. The summed E-state index contributed by atoms with van der Waals surface area (Å²) in [5, 5.41) is 21.2. The fourth-order valence-electron chi connectivity index (χ4n) is 2.71.